The summed E-state index contributed by atoms with van der Waals surface area (Å²) >= 11 is 5.60. The van der Waals surface area contributed by atoms with E-state index in [-0.39, 0.29) is 12.0 Å². The highest BCUT2D eigenvalue weighted by Crippen LogP contribution is 2.65. The van der Waals surface area contributed by atoms with Crippen LogP contribution in [0.3, 0.4) is 0 Å². The van der Waals surface area contributed by atoms with Crippen LogP contribution in [0.2, 0.25) is 0 Å². The fourth-order valence-corrected chi connectivity index (χ4v) is 5.45. The van der Waals surface area contributed by atoms with Crippen LogP contribution in [0.25, 0.3) is 0 Å². The molecule has 2 heterocycles. The number of hydrogen-bond donors (Lipinski definition) is 2. The van der Waals surface area contributed by atoms with Gasteiger partial charge >= 0.3 is 0 Å². The molecule has 122 valence electrons. The number of halogens is 1. The van der Waals surface area contributed by atoms with Crippen molar-refractivity contribution >= 4 is 11.9 Å². The summed E-state index contributed by atoms with van der Waals surface area (Å²) in [5.74, 6) is -0.703. The highest BCUT2D eigenvalue weighted by Gasteiger charge is 2.72. The second-order valence-corrected chi connectivity index (χ2v) is 7.29. The maximum absolute atomic E-state index is 11.4. The third-order valence-corrected chi connectivity index (χ3v) is 6.54. The SMILES string of the molecule is CN1CC[C@]23c4c5ccc(OCl)c4O[C@@]2(O)[C@@H](O)C=C[C@H]3[C@H]1C5. The van der Waals surface area contributed by atoms with E-state index < -0.39 is 17.3 Å². The van der Waals surface area contributed by atoms with Gasteiger partial charge in [-0.15, -0.1) is 0 Å². The summed E-state index contributed by atoms with van der Waals surface area (Å²) in [5, 5.41) is 21.9. The van der Waals surface area contributed by atoms with Crippen LogP contribution in [0.5, 0.6) is 11.5 Å². The molecule has 1 fully saturated rings. The standard InChI is InChI=1S/C17H18ClNO4/c1-19-7-6-16-10-3-5-13(20)17(16,21)22-15-12(23-18)4-2-9(14(15)16)8-11(10)19/h2-5,10-11,13,20-21H,6-8H2,1H3/t10-,11+,13-,16-,17-/m0/s1. The Morgan fingerprint density at radius 2 is 2.22 bits per heavy atom. The van der Waals surface area contributed by atoms with Crippen molar-refractivity contribution in [1.29, 1.82) is 0 Å². The minimum Gasteiger partial charge on any atom is -0.454 e. The molecule has 0 radical (unpaired) electrons. The van der Waals surface area contributed by atoms with Gasteiger partial charge in [-0.1, -0.05) is 18.2 Å². The van der Waals surface area contributed by atoms with Crippen molar-refractivity contribution in [2.45, 2.75) is 36.2 Å². The summed E-state index contributed by atoms with van der Waals surface area (Å²) in [6, 6.07) is 4.05. The van der Waals surface area contributed by atoms with Crippen molar-refractivity contribution in [3.05, 3.63) is 35.4 Å². The average Bonchev–Trinajstić information content (AvgIpc) is 2.82. The van der Waals surface area contributed by atoms with Crippen LogP contribution in [-0.2, 0) is 11.8 Å². The van der Waals surface area contributed by atoms with Crippen molar-refractivity contribution in [3.8, 4) is 11.5 Å². The second kappa shape index (κ2) is 4.22. The molecule has 1 aromatic rings. The van der Waals surface area contributed by atoms with E-state index in [0.29, 0.717) is 17.9 Å². The van der Waals surface area contributed by atoms with E-state index in [4.69, 9.17) is 20.9 Å². The van der Waals surface area contributed by atoms with Gasteiger partial charge in [-0.25, -0.2) is 0 Å². The summed E-state index contributed by atoms with van der Waals surface area (Å²) in [6.07, 6.45) is 4.23. The highest BCUT2D eigenvalue weighted by molar-refractivity contribution is 6.09. The number of benzene rings is 1. The van der Waals surface area contributed by atoms with Gasteiger partial charge in [-0.2, -0.15) is 0 Å². The molecule has 4 aliphatic rings. The van der Waals surface area contributed by atoms with E-state index in [1.165, 1.54) is 0 Å². The molecule has 5 rings (SSSR count). The minimum atomic E-state index is -1.67. The molecule has 5 nitrogen and oxygen atoms in total. The smallest absolute Gasteiger partial charge is 0.248 e. The average molecular weight is 336 g/mol. The molecule has 2 aliphatic heterocycles. The Kier molecular flexibility index (Phi) is 2.59. The molecular weight excluding hydrogens is 318 g/mol. The first kappa shape index (κ1) is 14.1. The van der Waals surface area contributed by atoms with E-state index in [2.05, 4.69) is 18.0 Å². The maximum atomic E-state index is 11.4. The van der Waals surface area contributed by atoms with Gasteiger partial charge in [0.05, 0.1) is 5.41 Å². The molecule has 0 aromatic heterocycles. The lowest BCUT2D eigenvalue weighted by Gasteiger charge is -2.58. The zero-order valence-corrected chi connectivity index (χ0v) is 13.5. The quantitative estimate of drug-likeness (QED) is 0.759. The van der Waals surface area contributed by atoms with Crippen LogP contribution in [-0.4, -0.2) is 46.6 Å². The van der Waals surface area contributed by atoms with E-state index in [1.807, 2.05) is 6.07 Å². The number of aliphatic hydroxyl groups is 2. The number of piperidine rings is 1. The lowest BCUT2D eigenvalue weighted by atomic mass is 9.52. The molecule has 6 heteroatoms. The molecule has 0 amide bonds. The number of hydrogen-bond acceptors (Lipinski definition) is 5. The largest absolute Gasteiger partial charge is 0.454 e. The predicted molar refractivity (Wildman–Crippen MR) is 83.6 cm³/mol. The molecule has 23 heavy (non-hydrogen) atoms. The zero-order valence-electron chi connectivity index (χ0n) is 12.7. The number of likely N-dealkylation sites (N-methyl/N-ethyl adjacent to an activating group) is 1. The van der Waals surface area contributed by atoms with Crippen molar-refractivity contribution in [2.24, 2.45) is 5.92 Å². The van der Waals surface area contributed by atoms with Gasteiger partial charge in [0, 0.05) is 17.5 Å². The Bertz CT molecular complexity index is 738. The summed E-state index contributed by atoms with van der Waals surface area (Å²) in [4.78, 5) is 2.34. The third kappa shape index (κ3) is 1.37. The van der Waals surface area contributed by atoms with Crippen molar-refractivity contribution in [3.63, 3.8) is 0 Å². The van der Waals surface area contributed by atoms with E-state index >= 15 is 0 Å². The minimum absolute atomic E-state index is 0.0916. The highest BCUT2D eigenvalue weighted by atomic mass is 35.5. The number of ether oxygens (including phenoxy) is 1. The monoisotopic (exact) mass is 335 g/mol. The molecule has 2 aliphatic carbocycles. The van der Waals surface area contributed by atoms with Crippen LogP contribution < -0.4 is 9.03 Å². The van der Waals surface area contributed by atoms with Gasteiger partial charge < -0.3 is 24.1 Å². The second-order valence-electron chi connectivity index (χ2n) is 7.13. The third-order valence-electron chi connectivity index (χ3n) is 6.37. The molecule has 0 unspecified atom stereocenters. The van der Waals surface area contributed by atoms with E-state index in [0.717, 1.165) is 24.1 Å². The van der Waals surface area contributed by atoms with Crippen LogP contribution >= 0.6 is 11.9 Å². The molecular formula is C17H18ClNO4. The molecule has 5 atom stereocenters. The van der Waals surface area contributed by atoms with Crippen LogP contribution in [0.4, 0.5) is 0 Å². The first-order valence-corrected chi connectivity index (χ1v) is 8.27. The van der Waals surface area contributed by atoms with Crippen molar-refractivity contribution in [2.75, 3.05) is 13.6 Å². The van der Waals surface area contributed by atoms with Gasteiger partial charge in [-0.05, 0) is 38.1 Å². The summed E-state index contributed by atoms with van der Waals surface area (Å²) in [7, 11) is 2.12. The normalized spacial score (nSPS) is 43.0. The lowest BCUT2D eigenvalue weighted by Crippen LogP contribution is -2.71. The number of nitrogens with zero attached hydrogens (tertiary/aromatic N) is 1. The molecule has 2 N–H and O–H groups in total. The van der Waals surface area contributed by atoms with Crippen molar-refractivity contribution < 1.29 is 19.2 Å². The fraction of sp³-hybridized carbons (Fsp3) is 0.529. The molecule has 1 saturated heterocycles. The fourth-order valence-electron chi connectivity index (χ4n) is 5.33. The van der Waals surface area contributed by atoms with E-state index in [1.54, 1.807) is 12.1 Å². The van der Waals surface area contributed by atoms with Gasteiger partial charge in [0.2, 0.25) is 5.79 Å². The predicted octanol–water partition coefficient (Wildman–Crippen LogP) is 1.35. The van der Waals surface area contributed by atoms with Crippen molar-refractivity contribution in [1.82, 2.24) is 4.90 Å². The van der Waals surface area contributed by atoms with Gasteiger partial charge in [0.15, 0.2) is 11.5 Å². The Morgan fingerprint density at radius 3 is 3.00 bits per heavy atom. The Hall–Kier alpha value is -1.27. The molecule has 1 aromatic carbocycles. The first-order chi connectivity index (χ1) is 11.0. The zero-order chi connectivity index (χ0) is 16.0. The van der Waals surface area contributed by atoms with Crippen LogP contribution in [0.15, 0.2) is 24.3 Å². The molecule has 2 bridgehead atoms. The maximum Gasteiger partial charge on any atom is 0.248 e. The molecule has 1 spiro atoms. The Balaban J connectivity index is 1.87. The Labute approximate surface area is 139 Å². The molecule has 0 saturated carbocycles. The Morgan fingerprint density at radius 1 is 1.39 bits per heavy atom. The van der Waals surface area contributed by atoms with Crippen LogP contribution in [0, 0.1) is 5.92 Å². The number of rotatable bonds is 1. The van der Waals surface area contributed by atoms with Gasteiger partial charge in [0.25, 0.3) is 0 Å². The number of aliphatic hydroxyl groups excluding tert-OH is 1. The number of likely N-dealkylation sites (tertiary alicyclic amines) is 1. The summed E-state index contributed by atoms with van der Waals surface area (Å²) < 4.78 is 10.9. The van der Waals surface area contributed by atoms with E-state index in [9.17, 15) is 10.2 Å². The summed E-state index contributed by atoms with van der Waals surface area (Å²) in [5.41, 5.74) is 1.46. The van der Waals surface area contributed by atoms with Gasteiger partial charge in [0.1, 0.15) is 18.0 Å². The van der Waals surface area contributed by atoms with Crippen LogP contribution in [0.1, 0.15) is 17.5 Å². The lowest BCUT2D eigenvalue weighted by molar-refractivity contribution is -0.249. The topological polar surface area (TPSA) is 62.2 Å². The summed E-state index contributed by atoms with van der Waals surface area (Å²) in [6.45, 7) is 0.845. The first-order valence-electron chi connectivity index (χ1n) is 7.96. The van der Waals surface area contributed by atoms with Gasteiger partial charge in [-0.3, -0.25) is 0 Å².